The van der Waals surface area contributed by atoms with Crippen molar-refractivity contribution < 1.29 is 0 Å². The van der Waals surface area contributed by atoms with Crippen LogP contribution in [0.2, 0.25) is 0 Å². The summed E-state index contributed by atoms with van der Waals surface area (Å²) >= 11 is 0. The Labute approximate surface area is 125 Å². The van der Waals surface area contributed by atoms with Gasteiger partial charge in [0.05, 0.1) is 24.6 Å². The number of anilines is 1. The number of nitrogens with zero attached hydrogens (tertiary/aromatic N) is 4. The molecule has 5 heteroatoms. The molecule has 0 spiro atoms. The fourth-order valence-electron chi connectivity index (χ4n) is 3.19. The summed E-state index contributed by atoms with van der Waals surface area (Å²) in [6.07, 6.45) is 10.8. The Kier molecular flexibility index (Phi) is 3.13. The molecule has 1 aromatic heterocycles. The van der Waals surface area contributed by atoms with E-state index in [0.29, 0.717) is 18.4 Å². The first-order valence-corrected chi connectivity index (χ1v) is 7.87. The molecular formula is C16H21N5. The molecule has 4 rings (SSSR count). The molecule has 21 heavy (non-hydrogen) atoms. The highest BCUT2D eigenvalue weighted by Gasteiger charge is 2.27. The summed E-state index contributed by atoms with van der Waals surface area (Å²) in [7, 11) is 0. The SMILES string of the molecule is NC1=CC(C2CCN(c3cnc(C4CC4)nc3)CC2)=NC1. The van der Waals surface area contributed by atoms with E-state index in [1.54, 1.807) is 0 Å². The van der Waals surface area contributed by atoms with E-state index in [9.17, 15) is 0 Å². The quantitative estimate of drug-likeness (QED) is 0.919. The standard InChI is InChI=1S/C16H21N5/c17-13-7-15(18-8-13)11-3-5-21(6-4-11)14-9-19-16(20-10-14)12-1-2-12/h7,9-12H,1-6,8,17H2. The minimum Gasteiger partial charge on any atom is -0.400 e. The van der Waals surface area contributed by atoms with Crippen molar-refractivity contribution in [2.24, 2.45) is 16.6 Å². The second kappa shape index (κ2) is 5.13. The lowest BCUT2D eigenvalue weighted by atomic mass is 9.92. The van der Waals surface area contributed by atoms with Crippen molar-refractivity contribution in [2.45, 2.75) is 31.6 Å². The molecule has 2 aliphatic heterocycles. The fraction of sp³-hybridized carbons (Fsp3) is 0.562. The van der Waals surface area contributed by atoms with Crippen LogP contribution < -0.4 is 10.6 Å². The zero-order chi connectivity index (χ0) is 14.2. The van der Waals surface area contributed by atoms with Crippen molar-refractivity contribution in [2.75, 3.05) is 24.5 Å². The topological polar surface area (TPSA) is 67.4 Å². The van der Waals surface area contributed by atoms with Crippen LogP contribution in [0.15, 0.2) is 29.2 Å². The molecule has 1 saturated heterocycles. The van der Waals surface area contributed by atoms with Crippen LogP contribution in [-0.4, -0.2) is 35.3 Å². The molecule has 0 unspecified atom stereocenters. The number of nitrogens with two attached hydrogens (primary N) is 1. The van der Waals surface area contributed by atoms with Crippen LogP contribution in [0.5, 0.6) is 0 Å². The van der Waals surface area contributed by atoms with Gasteiger partial charge in [-0.1, -0.05) is 0 Å². The van der Waals surface area contributed by atoms with Gasteiger partial charge in [-0.25, -0.2) is 9.97 Å². The van der Waals surface area contributed by atoms with Gasteiger partial charge in [-0.3, -0.25) is 4.99 Å². The van der Waals surface area contributed by atoms with Crippen LogP contribution in [0.1, 0.15) is 37.4 Å². The third-order valence-corrected chi connectivity index (χ3v) is 4.66. The number of hydrogen-bond acceptors (Lipinski definition) is 5. The summed E-state index contributed by atoms with van der Waals surface area (Å²) < 4.78 is 0. The fourth-order valence-corrected chi connectivity index (χ4v) is 3.19. The highest BCUT2D eigenvalue weighted by atomic mass is 15.2. The number of allylic oxidation sites excluding steroid dienone is 1. The van der Waals surface area contributed by atoms with Gasteiger partial charge in [0, 0.05) is 36.3 Å². The Bertz CT molecular complexity index is 577. The lowest BCUT2D eigenvalue weighted by Gasteiger charge is -2.33. The summed E-state index contributed by atoms with van der Waals surface area (Å²) in [5.41, 5.74) is 9.07. The van der Waals surface area contributed by atoms with Gasteiger partial charge in [0.15, 0.2) is 0 Å². The van der Waals surface area contributed by atoms with Crippen molar-refractivity contribution in [3.05, 3.63) is 30.0 Å². The molecule has 0 amide bonds. The highest BCUT2D eigenvalue weighted by Crippen LogP contribution is 2.38. The van der Waals surface area contributed by atoms with E-state index in [0.717, 1.165) is 43.1 Å². The number of aromatic nitrogens is 2. The van der Waals surface area contributed by atoms with Crippen LogP contribution >= 0.6 is 0 Å². The summed E-state index contributed by atoms with van der Waals surface area (Å²) in [4.78, 5) is 16.0. The lowest BCUT2D eigenvalue weighted by molar-refractivity contribution is 0.502. The number of rotatable bonds is 3. The van der Waals surface area contributed by atoms with E-state index >= 15 is 0 Å². The Hall–Kier alpha value is -1.91. The van der Waals surface area contributed by atoms with E-state index in [1.165, 1.54) is 18.6 Å². The average molecular weight is 283 g/mol. The summed E-state index contributed by atoms with van der Waals surface area (Å²) in [6, 6.07) is 0. The molecule has 1 saturated carbocycles. The normalized spacial score (nSPS) is 23.1. The third kappa shape index (κ3) is 2.64. The van der Waals surface area contributed by atoms with Crippen LogP contribution in [0.25, 0.3) is 0 Å². The lowest BCUT2D eigenvalue weighted by Crippen LogP contribution is -2.36. The average Bonchev–Trinajstić information content (AvgIpc) is 3.29. The van der Waals surface area contributed by atoms with Crippen LogP contribution in [-0.2, 0) is 0 Å². The Morgan fingerprint density at radius 3 is 2.29 bits per heavy atom. The van der Waals surface area contributed by atoms with E-state index in [1.807, 2.05) is 12.4 Å². The molecule has 3 heterocycles. The number of hydrogen-bond donors (Lipinski definition) is 1. The van der Waals surface area contributed by atoms with Gasteiger partial charge in [0.25, 0.3) is 0 Å². The van der Waals surface area contributed by atoms with Gasteiger partial charge in [0.1, 0.15) is 5.82 Å². The third-order valence-electron chi connectivity index (χ3n) is 4.66. The predicted octanol–water partition coefficient (Wildman–Crippen LogP) is 1.87. The maximum atomic E-state index is 5.81. The molecule has 0 atom stereocenters. The van der Waals surface area contributed by atoms with Gasteiger partial charge in [-0.2, -0.15) is 0 Å². The smallest absolute Gasteiger partial charge is 0.131 e. The Morgan fingerprint density at radius 1 is 1.00 bits per heavy atom. The Balaban J connectivity index is 1.38. The molecule has 1 aliphatic carbocycles. The predicted molar refractivity (Wildman–Crippen MR) is 83.5 cm³/mol. The molecule has 0 radical (unpaired) electrons. The highest BCUT2D eigenvalue weighted by molar-refractivity contribution is 5.99. The largest absolute Gasteiger partial charge is 0.400 e. The van der Waals surface area contributed by atoms with E-state index in [4.69, 9.17) is 5.73 Å². The van der Waals surface area contributed by atoms with Crippen molar-refractivity contribution in [1.29, 1.82) is 0 Å². The first kappa shape index (κ1) is 12.8. The first-order valence-electron chi connectivity index (χ1n) is 7.87. The summed E-state index contributed by atoms with van der Waals surface area (Å²) in [6.45, 7) is 2.78. The van der Waals surface area contributed by atoms with Gasteiger partial charge in [0.2, 0.25) is 0 Å². The zero-order valence-corrected chi connectivity index (χ0v) is 12.2. The molecule has 2 fully saturated rings. The van der Waals surface area contributed by atoms with E-state index in [2.05, 4.69) is 25.9 Å². The maximum absolute atomic E-state index is 5.81. The van der Waals surface area contributed by atoms with Crippen molar-refractivity contribution in [1.82, 2.24) is 9.97 Å². The van der Waals surface area contributed by atoms with E-state index < -0.39 is 0 Å². The molecule has 2 N–H and O–H groups in total. The minimum atomic E-state index is 0.564. The van der Waals surface area contributed by atoms with Crippen molar-refractivity contribution in [3.8, 4) is 0 Å². The molecule has 3 aliphatic rings. The van der Waals surface area contributed by atoms with Crippen LogP contribution in [0.3, 0.4) is 0 Å². The summed E-state index contributed by atoms with van der Waals surface area (Å²) in [5.74, 6) is 2.21. The Morgan fingerprint density at radius 2 is 1.71 bits per heavy atom. The molecular weight excluding hydrogens is 262 g/mol. The first-order chi connectivity index (χ1) is 10.3. The van der Waals surface area contributed by atoms with Gasteiger partial charge >= 0.3 is 0 Å². The molecule has 0 bridgehead atoms. The van der Waals surface area contributed by atoms with Crippen molar-refractivity contribution >= 4 is 11.4 Å². The van der Waals surface area contributed by atoms with Gasteiger partial charge in [-0.15, -0.1) is 0 Å². The van der Waals surface area contributed by atoms with Crippen LogP contribution in [0, 0.1) is 5.92 Å². The minimum absolute atomic E-state index is 0.564. The van der Waals surface area contributed by atoms with Crippen LogP contribution in [0.4, 0.5) is 5.69 Å². The molecule has 1 aromatic rings. The van der Waals surface area contributed by atoms with Gasteiger partial charge < -0.3 is 10.6 Å². The molecule has 5 nitrogen and oxygen atoms in total. The second-order valence-corrected chi connectivity index (χ2v) is 6.30. The monoisotopic (exact) mass is 283 g/mol. The van der Waals surface area contributed by atoms with Crippen molar-refractivity contribution in [3.63, 3.8) is 0 Å². The summed E-state index contributed by atoms with van der Waals surface area (Å²) in [5, 5.41) is 0. The number of piperidine rings is 1. The second-order valence-electron chi connectivity index (χ2n) is 6.30. The zero-order valence-electron chi connectivity index (χ0n) is 12.2. The van der Waals surface area contributed by atoms with E-state index in [-0.39, 0.29) is 0 Å². The number of aliphatic imine (C=N–C) groups is 1. The maximum Gasteiger partial charge on any atom is 0.131 e. The molecule has 110 valence electrons. The van der Waals surface area contributed by atoms with Gasteiger partial charge in [-0.05, 0) is 31.8 Å². The molecule has 0 aromatic carbocycles.